The lowest BCUT2D eigenvalue weighted by molar-refractivity contribution is 0.317. The van der Waals surface area contributed by atoms with Gasteiger partial charge >= 0.3 is 0 Å². The summed E-state index contributed by atoms with van der Waals surface area (Å²) in [5.74, 6) is 0.936. The van der Waals surface area contributed by atoms with Crippen LogP contribution in [0.15, 0.2) is 60.8 Å². The third kappa shape index (κ3) is 4.19. The zero-order valence-corrected chi connectivity index (χ0v) is 13.4. The standard InChI is InChI=1S/C19H21N3O/c1-2-14-23-19-12-9-16(10-13-19)8-11-17-15-22(21-20-17)18-6-4-3-5-7-18/h3-7,9-10,12-13,15H,2,8,11,14H2,1H3. The monoisotopic (exact) mass is 307 g/mol. The molecule has 0 radical (unpaired) electrons. The van der Waals surface area contributed by atoms with Crippen molar-refractivity contribution in [1.82, 2.24) is 15.0 Å². The van der Waals surface area contributed by atoms with Crippen LogP contribution in [0.3, 0.4) is 0 Å². The molecule has 1 aromatic heterocycles. The molecule has 0 spiro atoms. The highest BCUT2D eigenvalue weighted by Gasteiger charge is 2.03. The lowest BCUT2D eigenvalue weighted by Crippen LogP contribution is -1.96. The smallest absolute Gasteiger partial charge is 0.119 e. The molecule has 0 saturated carbocycles. The molecule has 4 nitrogen and oxygen atoms in total. The number of aryl methyl sites for hydroxylation is 2. The van der Waals surface area contributed by atoms with Gasteiger partial charge in [-0.25, -0.2) is 4.68 Å². The van der Waals surface area contributed by atoms with Gasteiger partial charge in [0.1, 0.15) is 5.75 Å². The van der Waals surface area contributed by atoms with Crippen LogP contribution in [0.25, 0.3) is 5.69 Å². The summed E-state index contributed by atoms with van der Waals surface area (Å²) >= 11 is 0. The minimum Gasteiger partial charge on any atom is -0.494 e. The van der Waals surface area contributed by atoms with Crippen molar-refractivity contribution >= 4 is 0 Å². The summed E-state index contributed by atoms with van der Waals surface area (Å²) in [4.78, 5) is 0. The van der Waals surface area contributed by atoms with Crippen molar-refractivity contribution in [3.8, 4) is 11.4 Å². The van der Waals surface area contributed by atoms with Crippen LogP contribution in [0.2, 0.25) is 0 Å². The van der Waals surface area contributed by atoms with Gasteiger partial charge in [-0.15, -0.1) is 5.10 Å². The Labute approximate surface area is 136 Å². The molecule has 0 bridgehead atoms. The highest BCUT2D eigenvalue weighted by Crippen LogP contribution is 2.14. The van der Waals surface area contributed by atoms with Gasteiger partial charge < -0.3 is 4.74 Å². The SMILES string of the molecule is CCCOc1ccc(CCc2cn(-c3ccccc3)nn2)cc1. The molecule has 0 aliphatic heterocycles. The van der Waals surface area contributed by atoms with Gasteiger partial charge in [0.2, 0.25) is 0 Å². The van der Waals surface area contributed by atoms with E-state index in [0.29, 0.717) is 0 Å². The third-order valence-electron chi connectivity index (χ3n) is 3.63. The Balaban J connectivity index is 1.57. The number of hydrogen-bond acceptors (Lipinski definition) is 3. The first-order chi connectivity index (χ1) is 11.3. The first-order valence-corrected chi connectivity index (χ1v) is 8.03. The third-order valence-corrected chi connectivity index (χ3v) is 3.63. The summed E-state index contributed by atoms with van der Waals surface area (Å²) in [6, 6.07) is 18.3. The van der Waals surface area contributed by atoms with Gasteiger partial charge in [-0.3, -0.25) is 0 Å². The predicted octanol–water partition coefficient (Wildman–Crippen LogP) is 3.84. The number of nitrogens with zero attached hydrogens (tertiary/aromatic N) is 3. The lowest BCUT2D eigenvalue weighted by Gasteiger charge is -2.05. The summed E-state index contributed by atoms with van der Waals surface area (Å²) in [5.41, 5.74) is 3.31. The second kappa shape index (κ2) is 7.58. The van der Waals surface area contributed by atoms with Gasteiger partial charge in [0.05, 0.1) is 24.2 Å². The van der Waals surface area contributed by atoms with E-state index in [9.17, 15) is 0 Å². The summed E-state index contributed by atoms with van der Waals surface area (Å²) < 4.78 is 7.42. The summed E-state index contributed by atoms with van der Waals surface area (Å²) in [5, 5.41) is 8.45. The zero-order valence-electron chi connectivity index (χ0n) is 13.4. The van der Waals surface area contributed by atoms with Crippen LogP contribution in [-0.2, 0) is 12.8 Å². The first-order valence-electron chi connectivity index (χ1n) is 8.03. The fourth-order valence-electron chi connectivity index (χ4n) is 2.36. The molecule has 0 amide bonds. The summed E-state index contributed by atoms with van der Waals surface area (Å²) in [6.07, 6.45) is 4.84. The van der Waals surface area contributed by atoms with Crippen LogP contribution >= 0.6 is 0 Å². The van der Waals surface area contributed by atoms with Crippen molar-refractivity contribution in [2.75, 3.05) is 6.61 Å². The van der Waals surface area contributed by atoms with E-state index in [1.54, 1.807) is 0 Å². The molecule has 3 aromatic rings. The van der Waals surface area contributed by atoms with Gasteiger partial charge in [0, 0.05) is 0 Å². The van der Waals surface area contributed by atoms with Gasteiger partial charge in [-0.2, -0.15) is 0 Å². The van der Waals surface area contributed by atoms with Crippen molar-refractivity contribution in [2.24, 2.45) is 0 Å². The molecule has 0 N–H and O–H groups in total. The zero-order chi connectivity index (χ0) is 15.9. The van der Waals surface area contributed by atoms with Crippen molar-refractivity contribution in [3.05, 3.63) is 72.1 Å². The number of benzene rings is 2. The molecule has 118 valence electrons. The average Bonchev–Trinajstić information content (AvgIpc) is 3.09. The predicted molar refractivity (Wildman–Crippen MR) is 91.0 cm³/mol. The molecular formula is C19H21N3O. The Bertz CT molecular complexity index is 720. The molecule has 1 heterocycles. The average molecular weight is 307 g/mol. The molecule has 0 unspecified atom stereocenters. The van der Waals surface area contributed by atoms with Gasteiger partial charge in [-0.1, -0.05) is 42.5 Å². The minimum absolute atomic E-state index is 0.766. The quantitative estimate of drug-likeness (QED) is 0.666. The van der Waals surface area contributed by atoms with Crippen molar-refractivity contribution in [2.45, 2.75) is 26.2 Å². The molecule has 0 fully saturated rings. The van der Waals surface area contributed by atoms with E-state index in [1.165, 1.54) is 5.56 Å². The normalized spacial score (nSPS) is 10.7. The summed E-state index contributed by atoms with van der Waals surface area (Å²) in [7, 11) is 0. The van der Waals surface area contributed by atoms with E-state index < -0.39 is 0 Å². The second-order valence-corrected chi connectivity index (χ2v) is 5.48. The van der Waals surface area contributed by atoms with Crippen LogP contribution in [0.1, 0.15) is 24.6 Å². The maximum Gasteiger partial charge on any atom is 0.119 e. The molecule has 0 atom stereocenters. The summed E-state index contributed by atoms with van der Waals surface area (Å²) in [6.45, 7) is 2.87. The van der Waals surface area contributed by atoms with Crippen LogP contribution in [-0.4, -0.2) is 21.6 Å². The molecule has 23 heavy (non-hydrogen) atoms. The molecule has 0 saturated heterocycles. The van der Waals surface area contributed by atoms with Gasteiger partial charge in [-0.05, 0) is 49.1 Å². The maximum atomic E-state index is 5.60. The van der Waals surface area contributed by atoms with Crippen LogP contribution < -0.4 is 4.74 Å². The minimum atomic E-state index is 0.766. The van der Waals surface area contributed by atoms with Gasteiger partial charge in [0.15, 0.2) is 0 Å². The Morgan fingerprint density at radius 2 is 1.74 bits per heavy atom. The van der Waals surface area contributed by atoms with Crippen molar-refractivity contribution in [3.63, 3.8) is 0 Å². The number of para-hydroxylation sites is 1. The van der Waals surface area contributed by atoms with Crippen LogP contribution in [0, 0.1) is 0 Å². The van der Waals surface area contributed by atoms with Crippen LogP contribution in [0.5, 0.6) is 5.75 Å². The molecular weight excluding hydrogens is 286 g/mol. The highest BCUT2D eigenvalue weighted by molar-refractivity contribution is 5.30. The molecule has 3 rings (SSSR count). The van der Waals surface area contributed by atoms with E-state index in [4.69, 9.17) is 4.74 Å². The van der Waals surface area contributed by atoms with E-state index >= 15 is 0 Å². The number of hydrogen-bond donors (Lipinski definition) is 0. The molecule has 4 heteroatoms. The van der Waals surface area contributed by atoms with Gasteiger partial charge in [0.25, 0.3) is 0 Å². The Kier molecular flexibility index (Phi) is 5.04. The van der Waals surface area contributed by atoms with Crippen molar-refractivity contribution in [1.29, 1.82) is 0 Å². The van der Waals surface area contributed by atoms with Crippen LogP contribution in [0.4, 0.5) is 0 Å². The van der Waals surface area contributed by atoms with E-state index in [0.717, 1.165) is 43.0 Å². The van der Waals surface area contributed by atoms with E-state index in [1.807, 2.05) is 53.3 Å². The fraction of sp³-hybridized carbons (Fsp3) is 0.263. The van der Waals surface area contributed by atoms with E-state index in [2.05, 4.69) is 29.4 Å². The van der Waals surface area contributed by atoms with E-state index in [-0.39, 0.29) is 0 Å². The number of ether oxygens (including phenoxy) is 1. The highest BCUT2D eigenvalue weighted by atomic mass is 16.5. The number of aromatic nitrogens is 3. The molecule has 2 aromatic carbocycles. The molecule has 0 aliphatic carbocycles. The number of rotatable bonds is 7. The maximum absolute atomic E-state index is 5.60. The lowest BCUT2D eigenvalue weighted by atomic mass is 10.1. The Hall–Kier alpha value is -2.62. The first kappa shape index (κ1) is 15.3. The Morgan fingerprint density at radius 3 is 2.48 bits per heavy atom. The molecule has 0 aliphatic rings. The largest absolute Gasteiger partial charge is 0.494 e. The Morgan fingerprint density at radius 1 is 0.957 bits per heavy atom. The fourth-order valence-corrected chi connectivity index (χ4v) is 2.36. The topological polar surface area (TPSA) is 39.9 Å². The van der Waals surface area contributed by atoms with Crippen molar-refractivity contribution < 1.29 is 4.74 Å². The second-order valence-electron chi connectivity index (χ2n) is 5.48.